The van der Waals surface area contributed by atoms with Crippen LogP contribution in [0.1, 0.15) is 30.6 Å². The van der Waals surface area contributed by atoms with Gasteiger partial charge in [0.15, 0.2) is 6.10 Å². The third-order valence-electron chi connectivity index (χ3n) is 4.88. The number of carbonyl (C=O) groups is 2. The van der Waals surface area contributed by atoms with Crippen molar-refractivity contribution in [3.8, 4) is 0 Å². The van der Waals surface area contributed by atoms with Crippen LogP contribution in [0.25, 0.3) is 0 Å². The molecule has 0 saturated carbocycles. The summed E-state index contributed by atoms with van der Waals surface area (Å²) in [5, 5.41) is 0. The fourth-order valence-electron chi connectivity index (χ4n) is 2.97. The molecule has 1 aromatic carbocycles. The first-order valence-corrected chi connectivity index (χ1v) is 9.05. The molecule has 0 radical (unpaired) electrons. The largest absolute Gasteiger partial charge is 0.449 e. The first kappa shape index (κ1) is 21.7. The Hall–Kier alpha value is -2.57. The van der Waals surface area contributed by atoms with Gasteiger partial charge in [0.25, 0.3) is 0 Å². The average molecular weight is 395 g/mol. The smallest absolute Gasteiger partial charge is 0.425 e. The molecule has 0 saturated heterocycles. The number of benzene rings is 1. The van der Waals surface area contributed by atoms with E-state index in [1.807, 2.05) is 19.1 Å². The average Bonchev–Trinajstić information content (AvgIpc) is 2.66. The lowest BCUT2D eigenvalue weighted by Gasteiger charge is -2.32. The second kappa shape index (κ2) is 9.08. The van der Waals surface area contributed by atoms with Gasteiger partial charge in [0.2, 0.25) is 5.91 Å². The van der Waals surface area contributed by atoms with Crippen LogP contribution in [-0.4, -0.2) is 42.1 Å². The molecule has 1 amide bonds. The van der Waals surface area contributed by atoms with Crippen LogP contribution >= 0.6 is 0 Å². The molecule has 152 valence electrons. The zero-order chi connectivity index (χ0) is 20.9. The number of amides is 1. The third-order valence-corrected chi connectivity index (χ3v) is 4.88. The second-order valence-corrected chi connectivity index (χ2v) is 6.99. The summed E-state index contributed by atoms with van der Waals surface area (Å²) in [6, 6.07) is 6.74. The Balaban J connectivity index is 2.07. The molecular formula is C21H24F3NO3. The number of hydrogen-bond acceptors (Lipinski definition) is 3. The zero-order valence-corrected chi connectivity index (χ0v) is 16.0. The van der Waals surface area contributed by atoms with Crippen LogP contribution in [-0.2, 0) is 9.53 Å². The van der Waals surface area contributed by atoms with E-state index in [2.05, 4.69) is 0 Å². The number of halogens is 3. The Morgan fingerprint density at radius 1 is 1.14 bits per heavy atom. The Bertz CT molecular complexity index is 743. The maximum absolute atomic E-state index is 13.4. The molecule has 1 aliphatic carbocycles. The van der Waals surface area contributed by atoms with Crippen molar-refractivity contribution >= 4 is 11.9 Å². The zero-order valence-electron chi connectivity index (χ0n) is 16.0. The van der Waals surface area contributed by atoms with Crippen molar-refractivity contribution in [3.63, 3.8) is 0 Å². The van der Waals surface area contributed by atoms with Gasteiger partial charge in [-0.3, -0.25) is 4.79 Å². The van der Waals surface area contributed by atoms with E-state index in [0.717, 1.165) is 0 Å². The van der Waals surface area contributed by atoms with Crippen molar-refractivity contribution in [3.05, 3.63) is 60.2 Å². The van der Waals surface area contributed by atoms with Gasteiger partial charge in [0.05, 0.1) is 11.5 Å². The molecule has 0 aliphatic heterocycles. The summed E-state index contributed by atoms with van der Waals surface area (Å²) in [7, 11) is 1.47. The number of hydrogen-bond donors (Lipinski definition) is 0. The van der Waals surface area contributed by atoms with Crippen LogP contribution in [0.3, 0.4) is 0 Å². The maximum atomic E-state index is 13.4. The normalized spacial score (nSPS) is 21.1. The second-order valence-electron chi connectivity index (χ2n) is 6.99. The first-order chi connectivity index (χ1) is 13.1. The highest BCUT2D eigenvalue weighted by Gasteiger charge is 2.44. The predicted molar refractivity (Wildman–Crippen MR) is 99.5 cm³/mol. The molecule has 0 N–H and O–H groups in total. The van der Waals surface area contributed by atoms with Crippen LogP contribution in [0.4, 0.5) is 13.2 Å². The topological polar surface area (TPSA) is 46.6 Å². The summed E-state index contributed by atoms with van der Waals surface area (Å²) < 4.78 is 45.1. The summed E-state index contributed by atoms with van der Waals surface area (Å²) in [5.41, 5.74) is 0.0433. The van der Waals surface area contributed by atoms with Gasteiger partial charge in [-0.1, -0.05) is 49.4 Å². The van der Waals surface area contributed by atoms with Gasteiger partial charge in [-0.15, -0.1) is 0 Å². The van der Waals surface area contributed by atoms with Gasteiger partial charge >= 0.3 is 12.1 Å². The minimum Gasteiger partial charge on any atom is -0.449 e. The van der Waals surface area contributed by atoms with Gasteiger partial charge in [-0.05, 0) is 25.0 Å². The molecule has 4 unspecified atom stereocenters. The molecule has 4 nitrogen and oxygen atoms in total. The molecule has 0 spiro atoms. The Morgan fingerprint density at radius 3 is 2.32 bits per heavy atom. The molecule has 0 heterocycles. The summed E-state index contributed by atoms with van der Waals surface area (Å²) in [6.07, 6.45) is -0.366. The Kier molecular flexibility index (Phi) is 7.05. The molecule has 1 aliphatic rings. The van der Waals surface area contributed by atoms with Crippen molar-refractivity contribution in [2.45, 2.75) is 38.6 Å². The number of allylic oxidation sites excluding steroid dienone is 3. The van der Waals surface area contributed by atoms with E-state index in [1.165, 1.54) is 31.0 Å². The highest BCUT2D eigenvalue weighted by Crippen LogP contribution is 2.29. The van der Waals surface area contributed by atoms with Gasteiger partial charge in [0, 0.05) is 19.5 Å². The van der Waals surface area contributed by atoms with E-state index >= 15 is 0 Å². The van der Waals surface area contributed by atoms with Crippen molar-refractivity contribution in [2.24, 2.45) is 11.8 Å². The van der Waals surface area contributed by atoms with Crippen molar-refractivity contribution < 1.29 is 27.5 Å². The van der Waals surface area contributed by atoms with E-state index < -0.39 is 36.6 Å². The molecule has 1 aromatic rings. The predicted octanol–water partition coefficient (Wildman–Crippen LogP) is 4.39. The van der Waals surface area contributed by atoms with Crippen LogP contribution < -0.4 is 0 Å². The van der Waals surface area contributed by atoms with E-state index in [-0.39, 0.29) is 17.4 Å². The SMILES string of the molecule is CC1C=CC=CC1C(=O)N(C)C(C)CC(OC(=O)c1ccccc1)C(F)(F)F. The quantitative estimate of drug-likeness (QED) is 0.671. The third kappa shape index (κ3) is 5.47. The number of nitrogens with zero attached hydrogens (tertiary/aromatic N) is 1. The fourth-order valence-corrected chi connectivity index (χ4v) is 2.97. The number of alkyl halides is 3. The molecule has 4 atom stereocenters. The minimum atomic E-state index is -4.73. The highest BCUT2D eigenvalue weighted by molar-refractivity contribution is 5.89. The van der Waals surface area contributed by atoms with Crippen molar-refractivity contribution in [1.82, 2.24) is 4.90 Å². The van der Waals surface area contributed by atoms with Crippen molar-refractivity contribution in [2.75, 3.05) is 7.05 Å². The van der Waals surface area contributed by atoms with E-state index in [9.17, 15) is 22.8 Å². The van der Waals surface area contributed by atoms with Gasteiger partial charge in [-0.2, -0.15) is 13.2 Å². The summed E-state index contributed by atoms with van der Waals surface area (Å²) in [5.74, 6) is -1.77. The molecule has 0 fully saturated rings. The van der Waals surface area contributed by atoms with Gasteiger partial charge < -0.3 is 9.64 Å². The maximum Gasteiger partial charge on any atom is 0.425 e. The number of rotatable bonds is 6. The molecule has 7 heteroatoms. The molecule has 28 heavy (non-hydrogen) atoms. The monoisotopic (exact) mass is 395 g/mol. The molecular weight excluding hydrogens is 371 g/mol. The standard InChI is InChI=1S/C21H24F3NO3/c1-14-9-7-8-12-17(14)19(26)25(3)15(2)13-18(21(22,23)24)28-20(27)16-10-5-4-6-11-16/h4-12,14-15,17-18H,13H2,1-3H3. The van der Waals surface area contributed by atoms with Crippen LogP contribution in [0.15, 0.2) is 54.6 Å². The molecule has 2 rings (SSSR count). The van der Waals surface area contributed by atoms with Crippen LogP contribution in [0.2, 0.25) is 0 Å². The van der Waals surface area contributed by atoms with E-state index in [4.69, 9.17) is 4.74 Å². The minimum absolute atomic E-state index is 0.0403. The number of ether oxygens (including phenoxy) is 1. The number of carbonyl (C=O) groups excluding carboxylic acids is 2. The summed E-state index contributed by atoms with van der Waals surface area (Å²) in [6.45, 7) is 3.39. The highest BCUT2D eigenvalue weighted by atomic mass is 19.4. The summed E-state index contributed by atoms with van der Waals surface area (Å²) in [4.78, 5) is 26.0. The first-order valence-electron chi connectivity index (χ1n) is 9.05. The Labute approximate surface area is 162 Å². The lowest BCUT2D eigenvalue weighted by Crippen LogP contribution is -2.45. The lowest BCUT2D eigenvalue weighted by atomic mass is 9.88. The van der Waals surface area contributed by atoms with E-state index in [0.29, 0.717) is 0 Å². The van der Waals surface area contributed by atoms with Crippen molar-refractivity contribution in [1.29, 1.82) is 0 Å². The molecule has 0 aromatic heterocycles. The van der Waals surface area contributed by atoms with Crippen LogP contribution in [0, 0.1) is 11.8 Å². The number of esters is 1. The van der Waals surface area contributed by atoms with Gasteiger partial charge in [0.1, 0.15) is 0 Å². The van der Waals surface area contributed by atoms with Gasteiger partial charge in [-0.25, -0.2) is 4.79 Å². The van der Waals surface area contributed by atoms with Crippen LogP contribution in [0.5, 0.6) is 0 Å². The fraction of sp³-hybridized carbons (Fsp3) is 0.429. The summed E-state index contributed by atoms with van der Waals surface area (Å²) >= 11 is 0. The molecule has 0 bridgehead atoms. The lowest BCUT2D eigenvalue weighted by molar-refractivity contribution is -0.209. The van der Waals surface area contributed by atoms with E-state index in [1.54, 1.807) is 30.4 Å². The Morgan fingerprint density at radius 2 is 1.75 bits per heavy atom.